The van der Waals surface area contributed by atoms with Crippen molar-refractivity contribution >= 4 is 5.97 Å². The van der Waals surface area contributed by atoms with Crippen LogP contribution >= 0.6 is 0 Å². The highest BCUT2D eigenvalue weighted by Gasteiger charge is 2.35. The zero-order chi connectivity index (χ0) is 22.1. The molecule has 0 aliphatic heterocycles. The molecule has 10 heteroatoms. The zero-order valence-electron chi connectivity index (χ0n) is 16.2. The fourth-order valence-corrected chi connectivity index (χ4v) is 2.67. The summed E-state index contributed by atoms with van der Waals surface area (Å²) in [5.41, 5.74) is -4.45. The van der Waals surface area contributed by atoms with Gasteiger partial charge in [0.05, 0.1) is 18.7 Å². The number of hydrogen-bond donors (Lipinski definition) is 1. The predicted octanol–water partition coefficient (Wildman–Crippen LogP) is 3.63. The third-order valence-corrected chi connectivity index (χ3v) is 4.02. The van der Waals surface area contributed by atoms with Crippen LogP contribution in [0.15, 0.2) is 23.0 Å². The van der Waals surface area contributed by atoms with E-state index in [4.69, 9.17) is 4.74 Å². The van der Waals surface area contributed by atoms with E-state index in [1.807, 2.05) is 0 Å². The molecule has 0 spiro atoms. The molecule has 0 saturated heterocycles. The molecular formula is C19H20F4N2O4. The Kier molecular flexibility index (Phi) is 6.05. The Morgan fingerprint density at radius 3 is 2.38 bits per heavy atom. The van der Waals surface area contributed by atoms with Crippen molar-refractivity contribution in [1.82, 2.24) is 9.78 Å². The summed E-state index contributed by atoms with van der Waals surface area (Å²) in [6.07, 6.45) is -4.87. The lowest BCUT2D eigenvalue weighted by molar-refractivity contribution is -0.138. The molecule has 1 N–H and O–H groups in total. The lowest BCUT2D eigenvalue weighted by Gasteiger charge is -2.22. The molecule has 1 aromatic carbocycles. The maximum absolute atomic E-state index is 13.3. The summed E-state index contributed by atoms with van der Waals surface area (Å²) in [5.74, 6) is -2.89. The number of rotatable bonds is 4. The molecule has 158 valence electrons. The van der Waals surface area contributed by atoms with Gasteiger partial charge in [0.25, 0.3) is 5.56 Å². The lowest BCUT2D eigenvalue weighted by Crippen LogP contribution is -2.34. The maximum Gasteiger partial charge on any atom is 0.416 e. The monoisotopic (exact) mass is 416 g/mol. The number of carbonyl (C=O) groups is 1. The van der Waals surface area contributed by atoms with E-state index in [0.29, 0.717) is 10.7 Å². The predicted molar refractivity (Wildman–Crippen MR) is 95.3 cm³/mol. The van der Waals surface area contributed by atoms with Gasteiger partial charge < -0.3 is 9.84 Å². The molecule has 0 aliphatic rings. The minimum absolute atomic E-state index is 0.0733. The molecule has 0 bridgehead atoms. The molecule has 0 aliphatic carbocycles. The molecule has 0 atom stereocenters. The Balaban J connectivity index is 2.73. The molecule has 6 nitrogen and oxygen atoms in total. The van der Waals surface area contributed by atoms with Gasteiger partial charge in [-0.15, -0.1) is 0 Å². The summed E-state index contributed by atoms with van der Waals surface area (Å²) < 4.78 is 58.6. The number of nitrogens with zero attached hydrogens (tertiary/aromatic N) is 2. The number of halogens is 4. The SMILES string of the molecule is CCOC(=O)c1c(O)c(C(C)(C)C)nn(Cc2ccc(F)cc2C(F)(F)F)c1=O. The summed E-state index contributed by atoms with van der Waals surface area (Å²) >= 11 is 0. The Morgan fingerprint density at radius 1 is 1.24 bits per heavy atom. The van der Waals surface area contributed by atoms with Gasteiger partial charge in [0, 0.05) is 5.41 Å². The van der Waals surface area contributed by atoms with Crippen molar-refractivity contribution in [3.05, 3.63) is 56.8 Å². The van der Waals surface area contributed by atoms with Crippen molar-refractivity contribution < 1.29 is 32.2 Å². The minimum Gasteiger partial charge on any atom is -0.505 e. The van der Waals surface area contributed by atoms with E-state index >= 15 is 0 Å². The molecule has 2 rings (SSSR count). The van der Waals surface area contributed by atoms with Gasteiger partial charge in [0.15, 0.2) is 11.3 Å². The van der Waals surface area contributed by atoms with Gasteiger partial charge in [0.1, 0.15) is 11.5 Å². The van der Waals surface area contributed by atoms with Crippen molar-refractivity contribution in [1.29, 1.82) is 0 Å². The van der Waals surface area contributed by atoms with Gasteiger partial charge in [-0.3, -0.25) is 4.79 Å². The van der Waals surface area contributed by atoms with Gasteiger partial charge in [-0.25, -0.2) is 13.9 Å². The average Bonchev–Trinajstić information content (AvgIpc) is 2.57. The third-order valence-electron chi connectivity index (χ3n) is 4.02. The summed E-state index contributed by atoms with van der Waals surface area (Å²) in [6, 6.07) is 2.03. The van der Waals surface area contributed by atoms with Crippen LogP contribution in [-0.4, -0.2) is 27.5 Å². The Bertz CT molecular complexity index is 991. The van der Waals surface area contributed by atoms with Gasteiger partial charge >= 0.3 is 12.1 Å². The highest BCUT2D eigenvalue weighted by molar-refractivity contribution is 5.92. The van der Waals surface area contributed by atoms with Crippen LogP contribution in [0.3, 0.4) is 0 Å². The van der Waals surface area contributed by atoms with Crippen LogP contribution in [0.25, 0.3) is 0 Å². The van der Waals surface area contributed by atoms with Gasteiger partial charge in [-0.2, -0.15) is 18.3 Å². The number of ether oxygens (including phenoxy) is 1. The number of benzene rings is 1. The fourth-order valence-electron chi connectivity index (χ4n) is 2.67. The number of hydrogen-bond acceptors (Lipinski definition) is 5. The van der Waals surface area contributed by atoms with Crippen molar-refractivity contribution in [2.45, 2.75) is 45.8 Å². The van der Waals surface area contributed by atoms with Crippen LogP contribution in [0.4, 0.5) is 17.6 Å². The quantitative estimate of drug-likeness (QED) is 0.608. The van der Waals surface area contributed by atoms with Crippen molar-refractivity contribution in [2.24, 2.45) is 0 Å². The highest BCUT2D eigenvalue weighted by atomic mass is 19.4. The maximum atomic E-state index is 13.3. The Hall–Kier alpha value is -2.91. The molecular weight excluding hydrogens is 396 g/mol. The van der Waals surface area contributed by atoms with Crippen LogP contribution < -0.4 is 5.56 Å². The molecule has 0 radical (unpaired) electrons. The minimum atomic E-state index is -4.87. The molecule has 29 heavy (non-hydrogen) atoms. The van der Waals surface area contributed by atoms with Gasteiger partial charge in [0.2, 0.25) is 0 Å². The van der Waals surface area contributed by atoms with Gasteiger partial charge in [-0.05, 0) is 24.6 Å². The van der Waals surface area contributed by atoms with E-state index in [1.165, 1.54) is 6.92 Å². The van der Waals surface area contributed by atoms with Crippen LogP contribution in [0, 0.1) is 5.82 Å². The number of esters is 1. The van der Waals surface area contributed by atoms with Crippen molar-refractivity contribution in [3.8, 4) is 5.75 Å². The van der Waals surface area contributed by atoms with Crippen molar-refractivity contribution in [3.63, 3.8) is 0 Å². The number of aromatic nitrogens is 2. The first-order valence-corrected chi connectivity index (χ1v) is 8.64. The van der Waals surface area contributed by atoms with Crippen LogP contribution in [0.2, 0.25) is 0 Å². The van der Waals surface area contributed by atoms with Crippen LogP contribution in [0.1, 0.15) is 54.9 Å². The second-order valence-electron chi connectivity index (χ2n) is 7.30. The Labute approximate surface area is 163 Å². The van der Waals surface area contributed by atoms with E-state index in [2.05, 4.69) is 5.10 Å². The van der Waals surface area contributed by atoms with E-state index in [-0.39, 0.29) is 12.3 Å². The first-order chi connectivity index (χ1) is 13.3. The summed E-state index contributed by atoms with van der Waals surface area (Å²) in [6.45, 7) is 5.63. The van der Waals surface area contributed by atoms with Crippen LogP contribution in [0.5, 0.6) is 5.75 Å². The average molecular weight is 416 g/mol. The van der Waals surface area contributed by atoms with Gasteiger partial charge in [-0.1, -0.05) is 26.8 Å². The molecule has 1 heterocycles. The Morgan fingerprint density at radius 2 is 1.86 bits per heavy atom. The molecule has 2 aromatic rings. The molecule has 1 aromatic heterocycles. The highest BCUT2D eigenvalue weighted by Crippen LogP contribution is 2.33. The molecule has 0 unspecified atom stereocenters. The molecule has 0 saturated carbocycles. The second-order valence-corrected chi connectivity index (χ2v) is 7.30. The number of carbonyl (C=O) groups excluding carboxylic acids is 1. The largest absolute Gasteiger partial charge is 0.505 e. The third kappa shape index (κ3) is 4.75. The number of aromatic hydroxyl groups is 1. The zero-order valence-corrected chi connectivity index (χ0v) is 16.2. The summed E-state index contributed by atoms with van der Waals surface area (Å²) in [7, 11) is 0. The van der Waals surface area contributed by atoms with Crippen molar-refractivity contribution in [2.75, 3.05) is 6.61 Å². The van der Waals surface area contributed by atoms with E-state index in [9.17, 15) is 32.3 Å². The summed E-state index contributed by atoms with van der Waals surface area (Å²) in [5, 5.41) is 14.4. The van der Waals surface area contributed by atoms with Crippen LogP contribution in [-0.2, 0) is 22.9 Å². The standard InChI is InChI=1S/C19H20F4N2O4/c1-5-29-17(28)13-14(26)15(18(2,3)4)24-25(16(13)27)9-10-6-7-11(20)8-12(10)19(21,22)23/h6-8,26H,5,9H2,1-4H3. The fraction of sp³-hybridized carbons (Fsp3) is 0.421. The number of alkyl halides is 3. The topological polar surface area (TPSA) is 81.4 Å². The molecule has 0 amide bonds. The van der Waals surface area contributed by atoms with E-state index in [0.717, 1.165) is 12.1 Å². The normalized spacial score (nSPS) is 12.1. The second kappa shape index (κ2) is 7.84. The first kappa shape index (κ1) is 22.4. The molecule has 0 fully saturated rings. The van der Waals surface area contributed by atoms with E-state index < -0.39 is 57.9 Å². The lowest BCUT2D eigenvalue weighted by atomic mass is 9.90. The van der Waals surface area contributed by atoms with E-state index in [1.54, 1.807) is 20.8 Å². The first-order valence-electron chi connectivity index (χ1n) is 8.64. The smallest absolute Gasteiger partial charge is 0.416 e. The summed E-state index contributed by atoms with van der Waals surface area (Å²) in [4.78, 5) is 24.9.